The number of carbonyl (C=O) groups is 1. The molecule has 1 aromatic carbocycles. The lowest BCUT2D eigenvalue weighted by Gasteiger charge is -2.19. The van der Waals surface area contributed by atoms with E-state index in [1.54, 1.807) is 36.2 Å². The van der Waals surface area contributed by atoms with Crippen LogP contribution in [-0.4, -0.2) is 49.9 Å². The number of amides is 1. The van der Waals surface area contributed by atoms with Crippen LogP contribution in [0.25, 0.3) is 0 Å². The SMILES string of the molecule is [CH]c1cccc(C(=O)N(C)CCN(C)C)c1. The fraction of sp³-hybridized carbons (Fsp3) is 0.385. The third-order valence-corrected chi connectivity index (χ3v) is 2.36. The van der Waals surface area contributed by atoms with Gasteiger partial charge in [0.1, 0.15) is 0 Å². The van der Waals surface area contributed by atoms with Crippen molar-refractivity contribution in [1.82, 2.24) is 9.80 Å². The van der Waals surface area contributed by atoms with Crippen molar-refractivity contribution < 1.29 is 4.79 Å². The smallest absolute Gasteiger partial charge is 0.253 e. The van der Waals surface area contributed by atoms with E-state index in [1.807, 2.05) is 19.0 Å². The van der Waals surface area contributed by atoms with E-state index in [1.165, 1.54) is 0 Å². The van der Waals surface area contributed by atoms with Crippen LogP contribution in [0.5, 0.6) is 0 Å². The predicted octanol–water partition coefficient (Wildman–Crippen LogP) is 1.38. The first-order valence-corrected chi connectivity index (χ1v) is 5.26. The number of benzene rings is 1. The zero-order valence-electron chi connectivity index (χ0n) is 10.1. The monoisotopic (exact) mass is 218 g/mol. The highest BCUT2D eigenvalue weighted by Gasteiger charge is 2.11. The Labute approximate surface area is 97.7 Å². The summed E-state index contributed by atoms with van der Waals surface area (Å²) >= 11 is 0. The number of likely N-dealkylation sites (N-methyl/N-ethyl adjacent to an activating group) is 2. The van der Waals surface area contributed by atoms with E-state index in [0.29, 0.717) is 17.7 Å². The Morgan fingerprint density at radius 3 is 2.50 bits per heavy atom. The second-order valence-electron chi connectivity index (χ2n) is 4.16. The second kappa shape index (κ2) is 5.66. The molecule has 0 unspecified atom stereocenters. The molecule has 16 heavy (non-hydrogen) atoms. The average molecular weight is 218 g/mol. The van der Waals surface area contributed by atoms with Crippen LogP contribution >= 0.6 is 0 Å². The number of rotatable bonds is 4. The van der Waals surface area contributed by atoms with Gasteiger partial charge in [-0.25, -0.2) is 0 Å². The first-order chi connectivity index (χ1) is 7.50. The molecule has 1 rings (SSSR count). The second-order valence-corrected chi connectivity index (χ2v) is 4.16. The van der Waals surface area contributed by atoms with Crippen molar-refractivity contribution in [2.24, 2.45) is 0 Å². The molecule has 86 valence electrons. The van der Waals surface area contributed by atoms with Crippen LogP contribution in [0.3, 0.4) is 0 Å². The van der Waals surface area contributed by atoms with E-state index >= 15 is 0 Å². The van der Waals surface area contributed by atoms with Gasteiger partial charge in [-0.2, -0.15) is 0 Å². The average Bonchev–Trinajstić information content (AvgIpc) is 2.24. The summed E-state index contributed by atoms with van der Waals surface area (Å²) in [5.74, 6) is 0.00847. The molecule has 0 spiro atoms. The molecule has 0 fully saturated rings. The minimum absolute atomic E-state index is 0.00847. The Morgan fingerprint density at radius 1 is 1.25 bits per heavy atom. The molecule has 3 heteroatoms. The molecular weight excluding hydrogens is 200 g/mol. The Bertz CT molecular complexity index is 361. The van der Waals surface area contributed by atoms with Crippen molar-refractivity contribution >= 4 is 5.91 Å². The largest absolute Gasteiger partial charge is 0.340 e. The molecule has 3 nitrogen and oxygen atoms in total. The molecule has 1 amide bonds. The molecule has 0 aliphatic heterocycles. The summed E-state index contributed by atoms with van der Waals surface area (Å²) in [6.45, 7) is 7.20. The molecule has 0 N–H and O–H groups in total. The van der Waals surface area contributed by atoms with Gasteiger partial charge in [0.25, 0.3) is 5.91 Å². The van der Waals surface area contributed by atoms with E-state index < -0.39 is 0 Å². The maximum Gasteiger partial charge on any atom is 0.253 e. The first-order valence-electron chi connectivity index (χ1n) is 5.26. The Kier molecular flexibility index (Phi) is 4.50. The lowest BCUT2D eigenvalue weighted by molar-refractivity contribution is 0.0786. The molecule has 0 bridgehead atoms. The van der Waals surface area contributed by atoms with Crippen LogP contribution in [-0.2, 0) is 0 Å². The van der Waals surface area contributed by atoms with Crippen molar-refractivity contribution in [3.05, 3.63) is 42.3 Å². The summed E-state index contributed by atoms with van der Waals surface area (Å²) in [5, 5.41) is 0. The molecule has 0 saturated carbocycles. The predicted molar refractivity (Wildman–Crippen MR) is 65.4 cm³/mol. The van der Waals surface area contributed by atoms with Gasteiger partial charge in [0, 0.05) is 25.7 Å². The van der Waals surface area contributed by atoms with Crippen LogP contribution in [0.15, 0.2) is 24.3 Å². The van der Waals surface area contributed by atoms with Crippen LogP contribution in [0, 0.1) is 6.92 Å². The quantitative estimate of drug-likeness (QED) is 0.762. The van der Waals surface area contributed by atoms with E-state index in [4.69, 9.17) is 6.92 Å². The van der Waals surface area contributed by atoms with Crippen molar-refractivity contribution in [3.8, 4) is 0 Å². The number of hydrogen-bond donors (Lipinski definition) is 0. The van der Waals surface area contributed by atoms with Gasteiger partial charge in [-0.15, -0.1) is 0 Å². The molecule has 0 aromatic heterocycles. The third kappa shape index (κ3) is 3.66. The molecule has 2 radical (unpaired) electrons. The van der Waals surface area contributed by atoms with Gasteiger partial charge in [-0.05, 0) is 38.7 Å². The summed E-state index contributed by atoms with van der Waals surface area (Å²) < 4.78 is 0. The van der Waals surface area contributed by atoms with Crippen molar-refractivity contribution in [2.75, 3.05) is 34.2 Å². The maximum atomic E-state index is 12.0. The summed E-state index contributed by atoms with van der Waals surface area (Å²) in [4.78, 5) is 15.7. The molecule has 0 aliphatic carbocycles. The van der Waals surface area contributed by atoms with Gasteiger partial charge in [0.15, 0.2) is 0 Å². The van der Waals surface area contributed by atoms with E-state index in [-0.39, 0.29) is 5.91 Å². The number of carbonyl (C=O) groups excluding carboxylic acids is 1. The van der Waals surface area contributed by atoms with Crippen LogP contribution in [0.2, 0.25) is 0 Å². The van der Waals surface area contributed by atoms with Gasteiger partial charge in [-0.1, -0.05) is 12.1 Å². The minimum atomic E-state index is 0.00847. The highest BCUT2D eigenvalue weighted by atomic mass is 16.2. The highest BCUT2D eigenvalue weighted by Crippen LogP contribution is 2.06. The van der Waals surface area contributed by atoms with Gasteiger partial charge < -0.3 is 9.80 Å². The van der Waals surface area contributed by atoms with Crippen molar-refractivity contribution in [3.63, 3.8) is 0 Å². The number of nitrogens with zero attached hydrogens (tertiary/aromatic N) is 2. The fourth-order valence-corrected chi connectivity index (χ4v) is 1.34. The van der Waals surface area contributed by atoms with Crippen LogP contribution in [0.4, 0.5) is 0 Å². The summed E-state index contributed by atoms with van der Waals surface area (Å²) in [6, 6.07) is 7.05. The van der Waals surface area contributed by atoms with Gasteiger partial charge >= 0.3 is 0 Å². The summed E-state index contributed by atoms with van der Waals surface area (Å²) in [6.07, 6.45) is 0. The molecule has 0 aliphatic rings. The third-order valence-electron chi connectivity index (χ3n) is 2.36. The van der Waals surface area contributed by atoms with E-state index in [2.05, 4.69) is 0 Å². The maximum absolute atomic E-state index is 12.0. The highest BCUT2D eigenvalue weighted by molar-refractivity contribution is 5.94. The first kappa shape index (κ1) is 12.7. The molecule has 0 heterocycles. The summed E-state index contributed by atoms with van der Waals surface area (Å²) in [7, 11) is 5.77. The molecule has 0 atom stereocenters. The van der Waals surface area contributed by atoms with E-state index in [0.717, 1.165) is 6.54 Å². The Balaban J connectivity index is 2.63. The topological polar surface area (TPSA) is 23.6 Å². The lowest BCUT2D eigenvalue weighted by atomic mass is 10.1. The Hall–Kier alpha value is -1.35. The molecule has 1 aromatic rings. The minimum Gasteiger partial charge on any atom is -0.340 e. The zero-order chi connectivity index (χ0) is 12.1. The Morgan fingerprint density at radius 2 is 1.94 bits per heavy atom. The van der Waals surface area contributed by atoms with Gasteiger partial charge in [0.2, 0.25) is 0 Å². The number of hydrogen-bond acceptors (Lipinski definition) is 2. The van der Waals surface area contributed by atoms with Crippen LogP contribution < -0.4 is 0 Å². The van der Waals surface area contributed by atoms with Crippen LogP contribution in [0.1, 0.15) is 15.9 Å². The van der Waals surface area contributed by atoms with E-state index in [9.17, 15) is 4.79 Å². The van der Waals surface area contributed by atoms with Gasteiger partial charge in [0.05, 0.1) is 0 Å². The van der Waals surface area contributed by atoms with Gasteiger partial charge in [-0.3, -0.25) is 4.79 Å². The fourth-order valence-electron chi connectivity index (χ4n) is 1.34. The molecule has 0 saturated heterocycles. The van der Waals surface area contributed by atoms with Crippen molar-refractivity contribution in [2.45, 2.75) is 0 Å². The molecular formula is C13H18N2O. The normalized spacial score (nSPS) is 10.6. The standard InChI is InChI=1S/C13H18N2O/c1-11-6-5-7-12(10-11)13(16)15(4)9-8-14(2)3/h1,5-7,10H,8-9H2,2-4H3. The van der Waals surface area contributed by atoms with Crippen molar-refractivity contribution in [1.29, 1.82) is 0 Å². The zero-order valence-corrected chi connectivity index (χ0v) is 10.1. The lowest BCUT2D eigenvalue weighted by Crippen LogP contribution is -2.33. The summed E-state index contributed by atoms with van der Waals surface area (Å²) in [5.41, 5.74) is 1.26.